The second kappa shape index (κ2) is 7.55. The number of β-amino-alcohol motifs (C(OH)–C–C–N with tert-alkyl or cyclic N) is 1. The van der Waals surface area contributed by atoms with Gasteiger partial charge in [-0.3, -0.25) is 4.79 Å². The quantitative estimate of drug-likeness (QED) is 0.672. The van der Waals surface area contributed by atoms with E-state index < -0.39 is 5.60 Å². The van der Waals surface area contributed by atoms with E-state index in [0.29, 0.717) is 12.1 Å². The zero-order chi connectivity index (χ0) is 17.7. The van der Waals surface area contributed by atoms with Gasteiger partial charge in [0.05, 0.1) is 7.11 Å². The number of hydrogen-bond donors (Lipinski definition) is 4. The van der Waals surface area contributed by atoms with E-state index in [-0.39, 0.29) is 12.5 Å². The van der Waals surface area contributed by atoms with Crippen molar-refractivity contribution < 1.29 is 14.6 Å². The number of carbonyl (C=O) groups excluding carboxylic acids is 1. The first-order valence-corrected chi connectivity index (χ1v) is 8.35. The van der Waals surface area contributed by atoms with E-state index in [4.69, 9.17) is 4.74 Å². The Balaban J connectivity index is 1.62. The van der Waals surface area contributed by atoms with Gasteiger partial charge in [-0.25, -0.2) is 0 Å². The van der Waals surface area contributed by atoms with Crippen molar-refractivity contribution in [1.29, 1.82) is 0 Å². The lowest BCUT2D eigenvalue weighted by Crippen LogP contribution is -2.53. The Bertz CT molecular complexity index is 725. The average Bonchev–Trinajstić information content (AvgIpc) is 2.64. The van der Waals surface area contributed by atoms with Crippen LogP contribution in [0.5, 0.6) is 5.75 Å². The Labute approximate surface area is 147 Å². The lowest BCUT2D eigenvalue weighted by Gasteiger charge is -2.31. The van der Waals surface area contributed by atoms with E-state index in [0.717, 1.165) is 30.1 Å². The molecule has 25 heavy (non-hydrogen) atoms. The molecule has 6 heteroatoms. The monoisotopic (exact) mass is 341 g/mol. The molecule has 0 aromatic heterocycles. The van der Waals surface area contributed by atoms with Crippen molar-refractivity contribution in [3.8, 4) is 5.75 Å². The summed E-state index contributed by atoms with van der Waals surface area (Å²) in [6.45, 7) is 1.12. The lowest BCUT2D eigenvalue weighted by atomic mass is 9.93. The molecule has 132 valence electrons. The molecule has 0 radical (unpaired) electrons. The average molecular weight is 341 g/mol. The molecule has 1 aliphatic heterocycles. The van der Waals surface area contributed by atoms with Gasteiger partial charge >= 0.3 is 0 Å². The van der Waals surface area contributed by atoms with Gasteiger partial charge in [-0.05, 0) is 55.8 Å². The van der Waals surface area contributed by atoms with Gasteiger partial charge in [0.2, 0.25) is 0 Å². The standard InChI is InChI=1S/C19H23N3O3/c1-25-17-5-2-4-16(12-17)21-14-6-8-15(9-7-14)22-18(23)19(24)10-3-11-20-13-19/h2,4-9,12,20-21,24H,3,10-11,13H2,1H3,(H,22,23). The first kappa shape index (κ1) is 17.3. The number of methoxy groups -OCH3 is 1. The summed E-state index contributed by atoms with van der Waals surface area (Å²) in [5, 5.41) is 19.5. The van der Waals surface area contributed by atoms with Crippen molar-refractivity contribution in [1.82, 2.24) is 5.32 Å². The maximum absolute atomic E-state index is 12.3. The fourth-order valence-electron chi connectivity index (χ4n) is 2.84. The van der Waals surface area contributed by atoms with E-state index in [2.05, 4.69) is 16.0 Å². The molecule has 1 atom stereocenters. The summed E-state index contributed by atoms with van der Waals surface area (Å²) >= 11 is 0. The van der Waals surface area contributed by atoms with Crippen molar-refractivity contribution in [2.24, 2.45) is 0 Å². The van der Waals surface area contributed by atoms with Gasteiger partial charge < -0.3 is 25.8 Å². The van der Waals surface area contributed by atoms with Gasteiger partial charge in [0, 0.05) is 29.7 Å². The van der Waals surface area contributed by atoms with Crippen molar-refractivity contribution in [2.75, 3.05) is 30.8 Å². The zero-order valence-corrected chi connectivity index (χ0v) is 14.2. The van der Waals surface area contributed by atoms with Gasteiger partial charge in [-0.15, -0.1) is 0 Å². The lowest BCUT2D eigenvalue weighted by molar-refractivity contribution is -0.135. The van der Waals surface area contributed by atoms with Gasteiger partial charge in [0.25, 0.3) is 5.91 Å². The van der Waals surface area contributed by atoms with E-state index in [1.54, 1.807) is 19.2 Å². The third-order valence-corrected chi connectivity index (χ3v) is 4.29. The topological polar surface area (TPSA) is 82.6 Å². The Kier molecular flexibility index (Phi) is 5.21. The Hall–Kier alpha value is -2.57. The van der Waals surface area contributed by atoms with Crippen LogP contribution in [-0.2, 0) is 4.79 Å². The van der Waals surface area contributed by atoms with E-state index >= 15 is 0 Å². The number of nitrogens with one attached hydrogen (secondary N) is 3. The smallest absolute Gasteiger partial charge is 0.257 e. The molecule has 1 heterocycles. The maximum Gasteiger partial charge on any atom is 0.257 e. The molecular weight excluding hydrogens is 318 g/mol. The second-order valence-electron chi connectivity index (χ2n) is 6.20. The molecular formula is C19H23N3O3. The Morgan fingerprint density at radius 1 is 1.16 bits per heavy atom. The molecule has 1 aliphatic rings. The van der Waals surface area contributed by atoms with Crippen LogP contribution in [0, 0.1) is 0 Å². The SMILES string of the molecule is COc1cccc(Nc2ccc(NC(=O)C3(O)CCCNC3)cc2)c1. The predicted octanol–water partition coefficient (Wildman–Crippen LogP) is 2.49. The highest BCUT2D eigenvalue weighted by molar-refractivity contribution is 5.97. The molecule has 6 nitrogen and oxygen atoms in total. The Morgan fingerprint density at radius 2 is 1.92 bits per heavy atom. The largest absolute Gasteiger partial charge is 0.497 e. The van der Waals surface area contributed by atoms with E-state index in [1.807, 2.05) is 36.4 Å². The van der Waals surface area contributed by atoms with Crippen LogP contribution >= 0.6 is 0 Å². The van der Waals surface area contributed by atoms with Crippen molar-refractivity contribution in [3.05, 3.63) is 48.5 Å². The number of benzene rings is 2. The maximum atomic E-state index is 12.3. The molecule has 0 saturated carbocycles. The molecule has 1 amide bonds. The highest BCUT2D eigenvalue weighted by atomic mass is 16.5. The number of piperidine rings is 1. The van der Waals surface area contributed by atoms with Crippen molar-refractivity contribution in [3.63, 3.8) is 0 Å². The normalized spacial score (nSPS) is 19.9. The van der Waals surface area contributed by atoms with Crippen LogP contribution in [0.25, 0.3) is 0 Å². The predicted molar refractivity (Wildman–Crippen MR) is 98.4 cm³/mol. The van der Waals surface area contributed by atoms with Crippen LogP contribution in [0.15, 0.2) is 48.5 Å². The minimum Gasteiger partial charge on any atom is -0.497 e. The third kappa shape index (κ3) is 4.29. The molecule has 1 unspecified atom stereocenters. The summed E-state index contributed by atoms with van der Waals surface area (Å²) < 4.78 is 5.21. The molecule has 3 rings (SSSR count). The molecule has 2 aromatic carbocycles. The number of carbonyl (C=O) groups is 1. The van der Waals surface area contributed by atoms with Crippen LogP contribution in [0.1, 0.15) is 12.8 Å². The van der Waals surface area contributed by atoms with Crippen molar-refractivity contribution in [2.45, 2.75) is 18.4 Å². The number of rotatable bonds is 5. The van der Waals surface area contributed by atoms with Crippen LogP contribution in [0.4, 0.5) is 17.1 Å². The molecule has 1 saturated heterocycles. The zero-order valence-electron chi connectivity index (χ0n) is 14.2. The van der Waals surface area contributed by atoms with Gasteiger partial charge in [0.15, 0.2) is 5.60 Å². The number of ether oxygens (including phenoxy) is 1. The van der Waals surface area contributed by atoms with Crippen LogP contribution in [0.3, 0.4) is 0 Å². The summed E-state index contributed by atoms with van der Waals surface area (Å²) in [5.41, 5.74) is 1.12. The summed E-state index contributed by atoms with van der Waals surface area (Å²) in [7, 11) is 1.63. The van der Waals surface area contributed by atoms with E-state index in [1.165, 1.54) is 0 Å². The number of hydrogen-bond acceptors (Lipinski definition) is 5. The summed E-state index contributed by atoms with van der Waals surface area (Å²) in [6, 6.07) is 15.0. The highest BCUT2D eigenvalue weighted by Gasteiger charge is 2.37. The van der Waals surface area contributed by atoms with Crippen LogP contribution < -0.4 is 20.7 Å². The van der Waals surface area contributed by atoms with E-state index in [9.17, 15) is 9.90 Å². The fraction of sp³-hybridized carbons (Fsp3) is 0.316. The van der Waals surface area contributed by atoms with Gasteiger partial charge in [0.1, 0.15) is 5.75 Å². The molecule has 0 bridgehead atoms. The highest BCUT2D eigenvalue weighted by Crippen LogP contribution is 2.23. The first-order chi connectivity index (χ1) is 12.1. The number of amides is 1. The summed E-state index contributed by atoms with van der Waals surface area (Å²) in [5.74, 6) is 0.413. The van der Waals surface area contributed by atoms with Gasteiger partial charge in [-0.2, -0.15) is 0 Å². The fourth-order valence-corrected chi connectivity index (χ4v) is 2.84. The molecule has 0 spiro atoms. The van der Waals surface area contributed by atoms with Crippen molar-refractivity contribution >= 4 is 23.0 Å². The van der Waals surface area contributed by atoms with Crippen LogP contribution in [-0.4, -0.2) is 36.8 Å². The Morgan fingerprint density at radius 3 is 2.60 bits per heavy atom. The second-order valence-corrected chi connectivity index (χ2v) is 6.20. The third-order valence-electron chi connectivity index (χ3n) is 4.29. The molecule has 0 aliphatic carbocycles. The van der Waals surface area contributed by atoms with Crippen LogP contribution in [0.2, 0.25) is 0 Å². The molecule has 2 aromatic rings. The number of aliphatic hydroxyl groups is 1. The first-order valence-electron chi connectivity index (χ1n) is 8.35. The molecule has 1 fully saturated rings. The van der Waals surface area contributed by atoms with Gasteiger partial charge in [-0.1, -0.05) is 6.07 Å². The molecule has 4 N–H and O–H groups in total. The summed E-state index contributed by atoms with van der Waals surface area (Å²) in [6.07, 6.45) is 1.26. The minimum absolute atomic E-state index is 0.286. The number of anilines is 3. The minimum atomic E-state index is -1.34. The summed E-state index contributed by atoms with van der Waals surface area (Å²) in [4.78, 5) is 12.3.